The Morgan fingerprint density at radius 1 is 0.525 bits per heavy atom. The quantitative estimate of drug-likeness (QED) is 0.203. The maximum Gasteiger partial charge on any atom is 0.0482 e. The number of nitrogens with zero attached hydrogens (tertiary/aromatic N) is 2. The monoisotopic (exact) mass is 516 g/mol. The summed E-state index contributed by atoms with van der Waals surface area (Å²) >= 11 is 0. The fourth-order valence-corrected chi connectivity index (χ4v) is 5.97. The lowest BCUT2D eigenvalue weighted by Gasteiger charge is -2.27. The molecule has 40 heavy (non-hydrogen) atoms. The molecule has 0 bridgehead atoms. The van der Waals surface area contributed by atoms with Crippen molar-refractivity contribution >= 4 is 55.1 Å². The van der Waals surface area contributed by atoms with Crippen molar-refractivity contribution in [3.8, 4) is 11.1 Å². The van der Waals surface area contributed by atoms with Gasteiger partial charge in [-0.3, -0.25) is 0 Å². The molecule has 7 aromatic rings. The SMILES string of the molecule is CCN(C)c1cccc(N(c2ccc(C)cc2)c2ccc(-c3ccc4ccc5cccc6ccc3c4c56)cc2)c1. The highest BCUT2D eigenvalue weighted by Gasteiger charge is 2.16. The largest absolute Gasteiger partial charge is 0.375 e. The normalized spacial score (nSPS) is 11.5. The van der Waals surface area contributed by atoms with Crippen molar-refractivity contribution in [2.75, 3.05) is 23.4 Å². The summed E-state index contributed by atoms with van der Waals surface area (Å²) in [5.41, 5.74) is 8.40. The Labute approximate surface area is 236 Å². The second-order valence-electron chi connectivity index (χ2n) is 10.7. The Morgan fingerprint density at radius 2 is 1.10 bits per heavy atom. The van der Waals surface area contributed by atoms with Crippen LogP contribution in [-0.4, -0.2) is 13.6 Å². The first kappa shape index (κ1) is 24.2. The fourth-order valence-electron chi connectivity index (χ4n) is 5.97. The van der Waals surface area contributed by atoms with Crippen LogP contribution in [-0.2, 0) is 0 Å². The predicted molar refractivity (Wildman–Crippen MR) is 174 cm³/mol. The smallest absolute Gasteiger partial charge is 0.0482 e. The lowest BCUT2D eigenvalue weighted by Crippen LogP contribution is -2.16. The summed E-state index contributed by atoms with van der Waals surface area (Å²) in [7, 11) is 2.14. The van der Waals surface area contributed by atoms with Crippen LogP contribution < -0.4 is 9.80 Å². The molecule has 0 spiro atoms. The molecule has 0 aliphatic heterocycles. The first-order valence-electron chi connectivity index (χ1n) is 14.1. The topological polar surface area (TPSA) is 6.48 Å². The van der Waals surface area contributed by atoms with E-state index in [1.165, 1.54) is 54.7 Å². The van der Waals surface area contributed by atoms with Crippen molar-refractivity contribution in [3.63, 3.8) is 0 Å². The highest BCUT2D eigenvalue weighted by atomic mass is 15.1. The van der Waals surface area contributed by atoms with Gasteiger partial charge in [0.05, 0.1) is 0 Å². The van der Waals surface area contributed by atoms with Crippen LogP contribution in [0.15, 0.2) is 127 Å². The third-order valence-electron chi connectivity index (χ3n) is 8.26. The zero-order chi connectivity index (χ0) is 27.2. The lowest BCUT2D eigenvalue weighted by atomic mass is 9.90. The van der Waals surface area contributed by atoms with Gasteiger partial charge in [-0.15, -0.1) is 0 Å². The highest BCUT2D eigenvalue weighted by Crippen LogP contribution is 2.41. The molecule has 0 aliphatic rings. The summed E-state index contributed by atoms with van der Waals surface area (Å²) in [5.74, 6) is 0. The van der Waals surface area contributed by atoms with E-state index in [1.807, 2.05) is 0 Å². The molecule has 0 radical (unpaired) electrons. The summed E-state index contributed by atoms with van der Waals surface area (Å²) < 4.78 is 0. The maximum absolute atomic E-state index is 2.35. The number of hydrogen-bond donors (Lipinski definition) is 0. The van der Waals surface area contributed by atoms with E-state index in [1.54, 1.807) is 0 Å². The number of rotatable bonds is 6. The molecule has 0 N–H and O–H groups in total. The van der Waals surface area contributed by atoms with Crippen LogP contribution in [0, 0.1) is 6.92 Å². The molecule has 7 aromatic carbocycles. The van der Waals surface area contributed by atoms with E-state index in [9.17, 15) is 0 Å². The molecular formula is C38H32N2. The molecule has 0 aromatic heterocycles. The Kier molecular flexibility index (Phi) is 5.90. The van der Waals surface area contributed by atoms with Crippen LogP contribution in [0.3, 0.4) is 0 Å². The highest BCUT2D eigenvalue weighted by molar-refractivity contribution is 6.25. The van der Waals surface area contributed by atoms with Crippen molar-refractivity contribution in [2.45, 2.75) is 13.8 Å². The van der Waals surface area contributed by atoms with E-state index in [0.717, 1.165) is 23.6 Å². The summed E-state index contributed by atoms with van der Waals surface area (Å²) in [6.07, 6.45) is 0. The van der Waals surface area contributed by atoms with Gasteiger partial charge in [0, 0.05) is 36.3 Å². The van der Waals surface area contributed by atoms with Gasteiger partial charge in [0.15, 0.2) is 0 Å². The molecule has 0 saturated carbocycles. The number of hydrogen-bond acceptors (Lipinski definition) is 2. The van der Waals surface area contributed by atoms with E-state index >= 15 is 0 Å². The molecule has 0 heterocycles. The molecule has 2 heteroatoms. The third kappa shape index (κ3) is 4.04. The number of aryl methyl sites for hydroxylation is 1. The fraction of sp³-hybridized carbons (Fsp3) is 0.105. The molecule has 0 atom stereocenters. The van der Waals surface area contributed by atoms with Gasteiger partial charge in [0.2, 0.25) is 0 Å². The third-order valence-corrected chi connectivity index (χ3v) is 8.26. The van der Waals surface area contributed by atoms with Crippen molar-refractivity contribution < 1.29 is 0 Å². The van der Waals surface area contributed by atoms with Crippen molar-refractivity contribution in [1.82, 2.24) is 0 Å². The van der Waals surface area contributed by atoms with Crippen molar-refractivity contribution in [2.24, 2.45) is 0 Å². The van der Waals surface area contributed by atoms with Gasteiger partial charge in [0.1, 0.15) is 0 Å². The van der Waals surface area contributed by atoms with Crippen LogP contribution in [0.2, 0.25) is 0 Å². The Morgan fingerprint density at radius 3 is 1.80 bits per heavy atom. The van der Waals surface area contributed by atoms with Gasteiger partial charge in [-0.1, -0.05) is 90.5 Å². The first-order chi connectivity index (χ1) is 19.6. The maximum atomic E-state index is 2.35. The summed E-state index contributed by atoms with van der Waals surface area (Å²) in [6, 6.07) is 46.8. The van der Waals surface area contributed by atoms with Crippen LogP contribution in [0.1, 0.15) is 12.5 Å². The number of benzene rings is 7. The Balaban J connectivity index is 1.35. The van der Waals surface area contributed by atoms with Crippen LogP contribution in [0.5, 0.6) is 0 Å². The molecule has 0 fully saturated rings. The van der Waals surface area contributed by atoms with Gasteiger partial charge >= 0.3 is 0 Å². The molecule has 2 nitrogen and oxygen atoms in total. The Hall–Kier alpha value is -4.82. The number of anilines is 4. The molecule has 0 amide bonds. The molecular weight excluding hydrogens is 484 g/mol. The predicted octanol–water partition coefficient (Wildman–Crippen LogP) is 10.5. The van der Waals surface area contributed by atoms with E-state index in [0.29, 0.717) is 0 Å². The van der Waals surface area contributed by atoms with Gasteiger partial charge in [0.25, 0.3) is 0 Å². The standard InChI is InChI=1S/C38H32N2/c1-4-39(3)33-9-6-10-34(25-33)40(31-19-11-26(2)12-20-31)32-21-15-27(16-22-32)35-23-17-30-14-13-28-7-5-8-29-18-24-36(35)38(30)37(28)29/h5-25H,4H2,1-3H3. The molecule has 194 valence electrons. The van der Waals surface area contributed by atoms with Crippen LogP contribution in [0.25, 0.3) is 43.4 Å². The van der Waals surface area contributed by atoms with Crippen molar-refractivity contribution in [1.29, 1.82) is 0 Å². The van der Waals surface area contributed by atoms with E-state index < -0.39 is 0 Å². The zero-order valence-electron chi connectivity index (χ0n) is 23.2. The summed E-state index contributed by atoms with van der Waals surface area (Å²) in [5, 5.41) is 7.91. The van der Waals surface area contributed by atoms with Gasteiger partial charge in [-0.2, -0.15) is 0 Å². The lowest BCUT2D eigenvalue weighted by molar-refractivity contribution is 0.968. The van der Waals surface area contributed by atoms with Gasteiger partial charge < -0.3 is 9.80 Å². The minimum Gasteiger partial charge on any atom is -0.375 e. The first-order valence-corrected chi connectivity index (χ1v) is 14.1. The second kappa shape index (κ2) is 9.73. The zero-order valence-corrected chi connectivity index (χ0v) is 23.2. The second-order valence-corrected chi connectivity index (χ2v) is 10.7. The van der Waals surface area contributed by atoms with E-state index in [-0.39, 0.29) is 0 Å². The van der Waals surface area contributed by atoms with E-state index in [4.69, 9.17) is 0 Å². The molecule has 0 saturated heterocycles. The van der Waals surface area contributed by atoms with Gasteiger partial charge in [-0.25, -0.2) is 0 Å². The molecule has 0 aliphatic carbocycles. The average molecular weight is 517 g/mol. The minimum atomic E-state index is 0.960. The van der Waals surface area contributed by atoms with Gasteiger partial charge in [-0.05, 0) is 99.8 Å². The summed E-state index contributed by atoms with van der Waals surface area (Å²) in [4.78, 5) is 4.62. The minimum absolute atomic E-state index is 0.960. The Bertz CT molecular complexity index is 1940. The van der Waals surface area contributed by atoms with Crippen molar-refractivity contribution in [3.05, 3.63) is 133 Å². The van der Waals surface area contributed by atoms with E-state index in [2.05, 4.69) is 158 Å². The summed E-state index contributed by atoms with van der Waals surface area (Å²) in [6.45, 7) is 5.28. The van der Waals surface area contributed by atoms with Crippen LogP contribution in [0.4, 0.5) is 22.7 Å². The molecule has 0 unspecified atom stereocenters. The van der Waals surface area contributed by atoms with Crippen LogP contribution >= 0.6 is 0 Å². The molecule has 7 rings (SSSR count). The average Bonchev–Trinajstić information content (AvgIpc) is 3.01.